The van der Waals surface area contributed by atoms with Crippen molar-refractivity contribution in [3.8, 4) is 11.5 Å². The van der Waals surface area contributed by atoms with E-state index in [4.69, 9.17) is 37.4 Å². The number of carboxylic acids is 1. The highest BCUT2D eigenvalue weighted by Crippen LogP contribution is 2.41. The molecule has 0 unspecified atom stereocenters. The molecule has 12 heteroatoms. The van der Waals surface area contributed by atoms with E-state index in [2.05, 4.69) is 4.90 Å². The van der Waals surface area contributed by atoms with Crippen molar-refractivity contribution < 1.29 is 38.8 Å². The van der Waals surface area contributed by atoms with Crippen molar-refractivity contribution in [1.29, 1.82) is 0 Å². The van der Waals surface area contributed by atoms with Gasteiger partial charge in [-0.25, -0.2) is 9.59 Å². The number of carboxylic acid groups (broad SMARTS) is 1. The van der Waals surface area contributed by atoms with Crippen molar-refractivity contribution in [3.05, 3.63) is 116 Å². The highest BCUT2D eigenvalue weighted by molar-refractivity contribution is 6.35. The molecule has 3 saturated heterocycles. The van der Waals surface area contributed by atoms with Gasteiger partial charge in [0.05, 0.1) is 26.3 Å². The first kappa shape index (κ1) is 35.3. The molecule has 0 radical (unpaired) electrons. The zero-order chi connectivity index (χ0) is 35.5. The molecule has 2 N–H and O–H groups in total. The summed E-state index contributed by atoms with van der Waals surface area (Å²) in [4.78, 5) is 31.1. The topological polar surface area (TPSA) is 113 Å². The lowest BCUT2D eigenvalue weighted by Crippen LogP contribution is -2.53. The Morgan fingerprint density at radius 3 is 2.30 bits per heavy atom. The Morgan fingerprint density at radius 2 is 1.68 bits per heavy atom. The number of aromatic carboxylic acids is 1. The fourth-order valence-electron chi connectivity index (χ4n) is 7.21. The first-order valence-electron chi connectivity index (χ1n) is 16.5. The third-order valence-electron chi connectivity index (χ3n) is 9.77. The van der Waals surface area contributed by atoms with Gasteiger partial charge in [0.1, 0.15) is 16.1 Å². The molecule has 0 spiro atoms. The van der Waals surface area contributed by atoms with Crippen LogP contribution in [-0.2, 0) is 17.7 Å². The molecule has 50 heavy (non-hydrogen) atoms. The Hall–Kier alpha value is -4.51. The molecular weight excluding hydrogens is 681 g/mol. The van der Waals surface area contributed by atoms with Gasteiger partial charge in [0.25, 0.3) is 0 Å². The quantitative estimate of drug-likeness (QED) is 0.124. The van der Waals surface area contributed by atoms with E-state index in [0.29, 0.717) is 51.9 Å². The van der Waals surface area contributed by atoms with Crippen LogP contribution in [0, 0.1) is 12.8 Å². The Balaban J connectivity index is 1.49. The van der Waals surface area contributed by atoms with E-state index in [9.17, 15) is 19.9 Å². The predicted molar refractivity (Wildman–Crippen MR) is 189 cm³/mol. The summed E-state index contributed by atoms with van der Waals surface area (Å²) >= 11 is 13.3. The molecule has 4 aromatic rings. The first-order valence-corrected chi connectivity index (χ1v) is 17.2. The number of carbonyl (C=O) groups is 2. The standard InChI is InChI=1S/C38H39Cl2N3O7/c1-23-6-4-8-27(16-23)43(38(46)50-35-22-41-14-12-24(35)13-15-41)19-26-7-5-9-28(37(44)45)36(26)29(18-30-31(39)20-42(47)21-32(30)40)25-10-11-33(48-2)34(17-25)49-3/h4-11,16-17,20-21,24,29,35H,12-15,18-19,22H2,1-3H3,(H-,44,45,47)/p+1/t29-,35-/m0/s1. The number of benzene rings is 3. The highest BCUT2D eigenvalue weighted by Gasteiger charge is 2.38. The minimum atomic E-state index is -1.14. The molecule has 3 fully saturated rings. The number of amides is 1. The van der Waals surface area contributed by atoms with Crippen molar-refractivity contribution in [2.75, 3.05) is 38.8 Å². The molecule has 1 aromatic heterocycles. The number of anilines is 1. The second kappa shape index (κ2) is 15.2. The predicted octanol–water partition coefficient (Wildman–Crippen LogP) is 7.15. The summed E-state index contributed by atoms with van der Waals surface area (Å²) in [5.74, 6) is -0.534. The number of rotatable bonds is 11. The van der Waals surface area contributed by atoms with Gasteiger partial charge in [-0.05, 0) is 97.8 Å². The number of fused-ring (bicyclic) bond motifs is 3. The average Bonchev–Trinajstić information content (AvgIpc) is 3.10. The zero-order valence-electron chi connectivity index (χ0n) is 28.1. The molecule has 3 aromatic carbocycles. The second-order valence-corrected chi connectivity index (χ2v) is 13.7. The number of carbonyl (C=O) groups excluding carboxylic acids is 1. The van der Waals surface area contributed by atoms with E-state index in [1.165, 1.54) is 26.6 Å². The average molecular weight is 722 g/mol. The van der Waals surface area contributed by atoms with Crippen LogP contribution in [0.25, 0.3) is 0 Å². The third-order valence-corrected chi connectivity index (χ3v) is 10.4. The van der Waals surface area contributed by atoms with Gasteiger partial charge in [-0.2, -0.15) is 0 Å². The Morgan fingerprint density at radius 1 is 0.980 bits per heavy atom. The number of ether oxygens (including phenoxy) is 3. The van der Waals surface area contributed by atoms with Crippen LogP contribution in [0.1, 0.15) is 56.9 Å². The van der Waals surface area contributed by atoms with E-state index >= 15 is 0 Å². The van der Waals surface area contributed by atoms with E-state index < -0.39 is 18.0 Å². The molecule has 1 amide bonds. The number of methoxy groups -OCH3 is 2. The number of nitrogens with zero attached hydrogens (tertiary/aromatic N) is 3. The maximum absolute atomic E-state index is 14.2. The molecule has 2 bridgehead atoms. The molecule has 0 saturated carbocycles. The van der Waals surface area contributed by atoms with Gasteiger partial charge in [0.2, 0.25) is 12.4 Å². The Bertz CT molecular complexity index is 1870. The van der Waals surface area contributed by atoms with Crippen LogP contribution in [0.15, 0.2) is 73.1 Å². The first-order chi connectivity index (χ1) is 24.1. The van der Waals surface area contributed by atoms with E-state index in [1.54, 1.807) is 29.2 Å². The van der Waals surface area contributed by atoms with Gasteiger partial charge in [-0.3, -0.25) is 15.0 Å². The normalized spacial score (nSPS) is 18.7. The van der Waals surface area contributed by atoms with Crippen LogP contribution in [0.4, 0.5) is 10.5 Å². The van der Waals surface area contributed by atoms with Gasteiger partial charge >= 0.3 is 12.1 Å². The van der Waals surface area contributed by atoms with Crippen molar-refractivity contribution in [3.63, 3.8) is 0 Å². The Labute approximate surface area is 301 Å². The molecule has 3 aliphatic rings. The number of aromatic nitrogens is 1. The molecule has 262 valence electrons. The number of aryl methyl sites for hydroxylation is 1. The molecule has 3 aliphatic heterocycles. The fraction of sp³-hybridized carbons (Fsp3) is 0.342. The van der Waals surface area contributed by atoms with Crippen LogP contribution < -0.4 is 19.1 Å². The van der Waals surface area contributed by atoms with Crippen LogP contribution in [0.2, 0.25) is 10.0 Å². The third kappa shape index (κ3) is 7.47. The lowest BCUT2D eigenvalue weighted by Gasteiger charge is -2.44. The SMILES string of the molecule is COc1ccc([C@H](Cc2c(Cl)c[n+](O)cc2Cl)c2c(CN(C(=O)O[C@H]3CN4CCC3CC4)c3cccc(C)c3)cccc2C(=O)O)cc1OC. The highest BCUT2D eigenvalue weighted by atomic mass is 35.5. The largest absolute Gasteiger partial charge is 0.493 e. The number of hydrogen-bond donors (Lipinski definition) is 2. The zero-order valence-corrected chi connectivity index (χ0v) is 29.7. The van der Waals surface area contributed by atoms with Gasteiger partial charge in [-0.1, -0.05) is 53.5 Å². The summed E-state index contributed by atoms with van der Waals surface area (Å²) in [6.07, 6.45) is 4.05. The summed E-state index contributed by atoms with van der Waals surface area (Å²) in [7, 11) is 3.06. The summed E-state index contributed by atoms with van der Waals surface area (Å²) in [5, 5.41) is 21.1. The van der Waals surface area contributed by atoms with Crippen LogP contribution in [0.3, 0.4) is 0 Å². The summed E-state index contributed by atoms with van der Waals surface area (Å²) in [6, 6.07) is 18.0. The summed E-state index contributed by atoms with van der Waals surface area (Å²) < 4.78 is 18.2. The van der Waals surface area contributed by atoms with Crippen LogP contribution in [0.5, 0.6) is 11.5 Å². The van der Waals surface area contributed by atoms with Gasteiger partial charge in [0.15, 0.2) is 11.5 Å². The van der Waals surface area contributed by atoms with E-state index in [0.717, 1.165) is 36.2 Å². The summed E-state index contributed by atoms with van der Waals surface area (Å²) in [5.41, 5.74) is 3.90. The number of halogens is 2. The van der Waals surface area contributed by atoms with Gasteiger partial charge in [0, 0.05) is 28.4 Å². The van der Waals surface area contributed by atoms with E-state index in [1.807, 2.05) is 43.3 Å². The second-order valence-electron chi connectivity index (χ2n) is 12.9. The minimum Gasteiger partial charge on any atom is -0.493 e. The number of hydrogen-bond acceptors (Lipinski definition) is 7. The maximum Gasteiger partial charge on any atom is 0.414 e. The Kier molecular flexibility index (Phi) is 10.7. The smallest absolute Gasteiger partial charge is 0.414 e. The van der Waals surface area contributed by atoms with Crippen LogP contribution in [-0.4, -0.2) is 67.2 Å². The molecule has 4 heterocycles. The lowest BCUT2D eigenvalue weighted by molar-refractivity contribution is -0.904. The van der Waals surface area contributed by atoms with Crippen molar-refractivity contribution >= 4 is 41.0 Å². The van der Waals surface area contributed by atoms with E-state index in [-0.39, 0.29) is 34.7 Å². The molecule has 7 rings (SSSR count). The molecule has 0 aliphatic carbocycles. The number of piperidine rings is 3. The monoisotopic (exact) mass is 720 g/mol. The molecular formula is C38H40Cl2N3O7+. The summed E-state index contributed by atoms with van der Waals surface area (Å²) in [6.45, 7) is 4.70. The van der Waals surface area contributed by atoms with Gasteiger partial charge < -0.3 is 19.3 Å². The van der Waals surface area contributed by atoms with Gasteiger partial charge in [-0.15, -0.1) is 0 Å². The fourth-order valence-corrected chi connectivity index (χ4v) is 7.81. The number of pyridine rings is 1. The molecule has 10 nitrogen and oxygen atoms in total. The maximum atomic E-state index is 14.2. The minimum absolute atomic E-state index is 0.0243. The van der Waals surface area contributed by atoms with Crippen molar-refractivity contribution in [2.24, 2.45) is 5.92 Å². The molecule has 2 atom stereocenters. The van der Waals surface area contributed by atoms with Crippen molar-refractivity contribution in [1.82, 2.24) is 4.90 Å². The lowest BCUT2D eigenvalue weighted by atomic mass is 9.80. The van der Waals surface area contributed by atoms with Crippen molar-refractivity contribution in [2.45, 2.75) is 44.8 Å². The van der Waals surface area contributed by atoms with Crippen LogP contribution >= 0.6 is 23.2 Å².